The number of anilines is 1. The lowest BCUT2D eigenvalue weighted by Gasteiger charge is -2.04. The number of aromatic nitrogens is 2. The zero-order valence-electron chi connectivity index (χ0n) is 10.2. The van der Waals surface area contributed by atoms with Gasteiger partial charge in [0.2, 0.25) is 0 Å². The number of rotatable bonds is 3. The Labute approximate surface area is 114 Å². The van der Waals surface area contributed by atoms with E-state index in [4.69, 9.17) is 0 Å². The van der Waals surface area contributed by atoms with Crippen LogP contribution in [0.4, 0.5) is 5.82 Å². The highest BCUT2D eigenvalue weighted by atomic mass is 32.1. The summed E-state index contributed by atoms with van der Waals surface area (Å²) in [6.45, 7) is 5.13. The van der Waals surface area contributed by atoms with Gasteiger partial charge in [0.25, 0.3) is 0 Å². The van der Waals surface area contributed by atoms with Gasteiger partial charge in [-0.05, 0) is 36.9 Å². The zero-order chi connectivity index (χ0) is 12.5. The Morgan fingerprint density at radius 1 is 1.28 bits per heavy atom. The maximum absolute atomic E-state index is 4.31. The van der Waals surface area contributed by atoms with E-state index in [1.807, 2.05) is 16.7 Å². The molecule has 3 aromatic heterocycles. The summed E-state index contributed by atoms with van der Waals surface area (Å²) in [5.41, 5.74) is 1.36. The number of fused-ring (bicyclic) bond motifs is 1. The predicted octanol–water partition coefficient (Wildman–Crippen LogP) is 3.98. The maximum atomic E-state index is 4.31. The van der Waals surface area contributed by atoms with E-state index >= 15 is 0 Å². The lowest BCUT2D eigenvalue weighted by Crippen LogP contribution is -2.00. The van der Waals surface area contributed by atoms with Gasteiger partial charge in [-0.15, -0.1) is 22.7 Å². The van der Waals surface area contributed by atoms with Gasteiger partial charge in [0, 0.05) is 9.75 Å². The molecule has 3 aromatic rings. The minimum absolute atomic E-state index is 0.821. The molecule has 0 spiro atoms. The molecule has 0 unspecified atom stereocenters. The molecule has 1 N–H and O–H groups in total. The fourth-order valence-corrected chi connectivity index (χ4v) is 3.56. The second-order valence-electron chi connectivity index (χ2n) is 4.17. The molecule has 0 fully saturated rings. The molecule has 0 bridgehead atoms. The van der Waals surface area contributed by atoms with Crippen LogP contribution in [0.15, 0.2) is 23.8 Å². The first kappa shape index (κ1) is 11.6. The third-order valence-corrected chi connectivity index (χ3v) is 4.88. The van der Waals surface area contributed by atoms with Crippen molar-refractivity contribution < 1.29 is 0 Å². The standard InChI is InChI=1S/C13H13N3S2/c1-8-5-10(18-9(8)2)6-14-12-11-3-4-17-13(11)16-7-15-12/h3-5,7H,6H2,1-2H3,(H,14,15,16). The topological polar surface area (TPSA) is 37.8 Å². The van der Waals surface area contributed by atoms with Crippen molar-refractivity contribution in [3.05, 3.63) is 39.2 Å². The van der Waals surface area contributed by atoms with E-state index < -0.39 is 0 Å². The first-order chi connectivity index (χ1) is 8.74. The summed E-state index contributed by atoms with van der Waals surface area (Å²) >= 11 is 3.48. The minimum atomic E-state index is 0.821. The molecule has 5 heteroatoms. The van der Waals surface area contributed by atoms with Crippen molar-refractivity contribution in [1.29, 1.82) is 0 Å². The van der Waals surface area contributed by atoms with E-state index in [0.29, 0.717) is 0 Å². The molecule has 0 radical (unpaired) electrons. The Balaban J connectivity index is 1.82. The number of thiophene rings is 2. The summed E-state index contributed by atoms with van der Waals surface area (Å²) in [6, 6.07) is 4.30. The molecule has 0 aliphatic heterocycles. The second-order valence-corrected chi connectivity index (χ2v) is 6.40. The predicted molar refractivity (Wildman–Crippen MR) is 78.5 cm³/mol. The van der Waals surface area contributed by atoms with Crippen molar-refractivity contribution >= 4 is 38.7 Å². The fourth-order valence-electron chi connectivity index (χ4n) is 1.84. The fraction of sp³-hybridized carbons (Fsp3) is 0.231. The highest BCUT2D eigenvalue weighted by Crippen LogP contribution is 2.25. The summed E-state index contributed by atoms with van der Waals surface area (Å²) in [6.07, 6.45) is 1.62. The highest BCUT2D eigenvalue weighted by molar-refractivity contribution is 7.16. The molecule has 3 nitrogen and oxygen atoms in total. The Hall–Kier alpha value is -1.46. The summed E-state index contributed by atoms with van der Waals surface area (Å²) < 4.78 is 0. The summed E-state index contributed by atoms with van der Waals surface area (Å²) in [7, 11) is 0. The van der Waals surface area contributed by atoms with E-state index in [1.165, 1.54) is 15.3 Å². The SMILES string of the molecule is Cc1cc(CNc2ncnc3sccc23)sc1C. The lowest BCUT2D eigenvalue weighted by molar-refractivity contribution is 1.13. The molecule has 0 aromatic carbocycles. The van der Waals surface area contributed by atoms with Gasteiger partial charge in [0.15, 0.2) is 0 Å². The minimum Gasteiger partial charge on any atom is -0.365 e. The van der Waals surface area contributed by atoms with Crippen LogP contribution in [0.25, 0.3) is 10.2 Å². The van der Waals surface area contributed by atoms with Crippen molar-refractivity contribution in [2.24, 2.45) is 0 Å². The first-order valence-corrected chi connectivity index (χ1v) is 7.41. The molecule has 92 valence electrons. The van der Waals surface area contributed by atoms with Crippen LogP contribution in [-0.2, 0) is 6.54 Å². The molecule has 3 heterocycles. The number of nitrogens with zero attached hydrogens (tertiary/aromatic N) is 2. The molecule has 0 atom stereocenters. The van der Waals surface area contributed by atoms with Gasteiger partial charge in [-0.25, -0.2) is 9.97 Å². The monoisotopic (exact) mass is 275 g/mol. The van der Waals surface area contributed by atoms with Crippen LogP contribution in [0, 0.1) is 13.8 Å². The normalized spacial score (nSPS) is 11.0. The summed E-state index contributed by atoms with van der Waals surface area (Å²) in [4.78, 5) is 12.3. The molecule has 0 aliphatic rings. The van der Waals surface area contributed by atoms with E-state index in [-0.39, 0.29) is 0 Å². The van der Waals surface area contributed by atoms with Crippen LogP contribution >= 0.6 is 22.7 Å². The Bertz CT molecular complexity index is 665. The molecule has 3 rings (SSSR count). The molecule has 0 amide bonds. The number of hydrogen-bond donors (Lipinski definition) is 1. The number of aryl methyl sites for hydroxylation is 2. The van der Waals surface area contributed by atoms with Gasteiger partial charge in [-0.3, -0.25) is 0 Å². The average Bonchev–Trinajstić information content (AvgIpc) is 2.94. The maximum Gasteiger partial charge on any atom is 0.138 e. The van der Waals surface area contributed by atoms with Crippen LogP contribution < -0.4 is 5.32 Å². The van der Waals surface area contributed by atoms with Gasteiger partial charge in [-0.2, -0.15) is 0 Å². The van der Waals surface area contributed by atoms with Crippen molar-refractivity contribution in [2.45, 2.75) is 20.4 Å². The largest absolute Gasteiger partial charge is 0.365 e. The molecular formula is C13H13N3S2. The molecule has 0 saturated carbocycles. The highest BCUT2D eigenvalue weighted by Gasteiger charge is 2.06. The van der Waals surface area contributed by atoms with Crippen molar-refractivity contribution in [1.82, 2.24) is 9.97 Å². The van der Waals surface area contributed by atoms with Crippen LogP contribution in [-0.4, -0.2) is 9.97 Å². The van der Waals surface area contributed by atoms with Crippen LogP contribution in [0.2, 0.25) is 0 Å². The third-order valence-electron chi connectivity index (χ3n) is 2.91. The van der Waals surface area contributed by atoms with Crippen molar-refractivity contribution in [2.75, 3.05) is 5.32 Å². The van der Waals surface area contributed by atoms with Crippen LogP contribution in [0.1, 0.15) is 15.3 Å². The van der Waals surface area contributed by atoms with E-state index in [9.17, 15) is 0 Å². The second kappa shape index (κ2) is 4.66. The third kappa shape index (κ3) is 2.11. The molecule has 0 aliphatic carbocycles. The smallest absolute Gasteiger partial charge is 0.138 e. The van der Waals surface area contributed by atoms with Crippen molar-refractivity contribution in [3.63, 3.8) is 0 Å². The Kier molecular flexibility index (Phi) is 3.01. The Morgan fingerprint density at radius 2 is 2.17 bits per heavy atom. The van der Waals surface area contributed by atoms with Gasteiger partial charge in [0.05, 0.1) is 11.9 Å². The van der Waals surface area contributed by atoms with E-state index in [2.05, 4.69) is 41.3 Å². The quantitative estimate of drug-likeness (QED) is 0.785. The summed E-state index contributed by atoms with van der Waals surface area (Å²) in [5, 5.41) is 6.55. The number of nitrogens with one attached hydrogen (secondary N) is 1. The van der Waals surface area contributed by atoms with Gasteiger partial charge < -0.3 is 5.32 Å². The van der Waals surface area contributed by atoms with E-state index in [0.717, 1.165) is 22.6 Å². The van der Waals surface area contributed by atoms with Crippen LogP contribution in [0.5, 0.6) is 0 Å². The number of hydrogen-bond acceptors (Lipinski definition) is 5. The van der Waals surface area contributed by atoms with E-state index in [1.54, 1.807) is 17.7 Å². The molecular weight excluding hydrogens is 262 g/mol. The zero-order valence-corrected chi connectivity index (χ0v) is 11.9. The summed E-state index contributed by atoms with van der Waals surface area (Å²) in [5.74, 6) is 0.921. The van der Waals surface area contributed by atoms with Gasteiger partial charge in [-0.1, -0.05) is 0 Å². The first-order valence-electron chi connectivity index (χ1n) is 5.72. The Morgan fingerprint density at radius 3 is 2.94 bits per heavy atom. The van der Waals surface area contributed by atoms with Gasteiger partial charge >= 0.3 is 0 Å². The lowest BCUT2D eigenvalue weighted by atomic mass is 10.3. The average molecular weight is 275 g/mol. The molecule has 18 heavy (non-hydrogen) atoms. The van der Waals surface area contributed by atoms with Gasteiger partial charge in [0.1, 0.15) is 17.0 Å². The van der Waals surface area contributed by atoms with Crippen molar-refractivity contribution in [3.8, 4) is 0 Å². The van der Waals surface area contributed by atoms with Crippen LogP contribution in [0.3, 0.4) is 0 Å². The molecule has 0 saturated heterocycles.